The summed E-state index contributed by atoms with van der Waals surface area (Å²) in [5, 5.41) is 19.3. The number of carboxylic acid groups (broad SMARTS) is 1. The average Bonchev–Trinajstić information content (AvgIpc) is 2.70. The van der Waals surface area contributed by atoms with Crippen molar-refractivity contribution in [2.75, 3.05) is 0 Å². The van der Waals surface area contributed by atoms with Gasteiger partial charge in [0.1, 0.15) is 12.2 Å². The highest BCUT2D eigenvalue weighted by Gasteiger charge is 2.17. The van der Waals surface area contributed by atoms with Crippen LogP contribution in [0.3, 0.4) is 0 Å². The minimum atomic E-state index is -0.899. The second-order valence-electron chi connectivity index (χ2n) is 5.35. The topological polar surface area (TPSA) is 97.1 Å². The van der Waals surface area contributed by atoms with Crippen molar-refractivity contribution < 1.29 is 14.7 Å². The molecule has 0 aliphatic carbocycles. The molecule has 1 unspecified atom stereocenters. The number of hydrogen-bond acceptors (Lipinski definition) is 4. The first-order valence-corrected chi connectivity index (χ1v) is 6.72. The Bertz CT molecular complexity index is 456. The molecule has 0 bridgehead atoms. The summed E-state index contributed by atoms with van der Waals surface area (Å²) in [6.07, 6.45) is 2.96. The second-order valence-corrected chi connectivity index (χ2v) is 5.35. The van der Waals surface area contributed by atoms with Gasteiger partial charge in [0.05, 0.1) is 6.42 Å². The number of nitrogens with zero attached hydrogens (tertiary/aromatic N) is 3. The van der Waals surface area contributed by atoms with Crippen molar-refractivity contribution in [2.24, 2.45) is 13.0 Å². The van der Waals surface area contributed by atoms with Gasteiger partial charge in [-0.2, -0.15) is 0 Å². The van der Waals surface area contributed by atoms with Crippen molar-refractivity contribution in [1.29, 1.82) is 0 Å². The molecule has 7 heteroatoms. The van der Waals surface area contributed by atoms with Crippen LogP contribution < -0.4 is 5.32 Å². The largest absolute Gasteiger partial charge is 0.481 e. The number of rotatable bonds is 8. The molecule has 0 radical (unpaired) electrons. The van der Waals surface area contributed by atoms with Gasteiger partial charge in [-0.3, -0.25) is 9.59 Å². The quantitative estimate of drug-likeness (QED) is 0.733. The predicted molar refractivity (Wildman–Crippen MR) is 73.0 cm³/mol. The SMILES string of the molecule is CC(C)CC(CC(=O)O)NC(=O)CCc1nncn1C. The molecule has 1 rings (SSSR count). The van der Waals surface area contributed by atoms with Crippen molar-refractivity contribution in [3.63, 3.8) is 0 Å². The molecule has 0 aliphatic rings. The van der Waals surface area contributed by atoms with Crippen molar-refractivity contribution in [1.82, 2.24) is 20.1 Å². The fourth-order valence-corrected chi connectivity index (χ4v) is 2.03. The number of aromatic nitrogens is 3. The number of hydrogen-bond donors (Lipinski definition) is 2. The van der Waals surface area contributed by atoms with Gasteiger partial charge in [0.2, 0.25) is 5.91 Å². The first-order chi connectivity index (χ1) is 9.38. The maximum atomic E-state index is 11.9. The summed E-state index contributed by atoms with van der Waals surface area (Å²) >= 11 is 0. The van der Waals surface area contributed by atoms with E-state index < -0.39 is 5.97 Å². The minimum Gasteiger partial charge on any atom is -0.481 e. The van der Waals surface area contributed by atoms with Crippen LogP contribution in [0.4, 0.5) is 0 Å². The Balaban J connectivity index is 2.44. The van der Waals surface area contributed by atoms with Crippen molar-refractivity contribution >= 4 is 11.9 Å². The Kier molecular flexibility index (Phi) is 6.14. The van der Waals surface area contributed by atoms with Gasteiger partial charge in [0.15, 0.2) is 0 Å². The lowest BCUT2D eigenvalue weighted by Gasteiger charge is -2.18. The summed E-state index contributed by atoms with van der Waals surface area (Å²) in [5.41, 5.74) is 0. The summed E-state index contributed by atoms with van der Waals surface area (Å²) < 4.78 is 1.76. The van der Waals surface area contributed by atoms with Gasteiger partial charge < -0.3 is 15.0 Å². The van der Waals surface area contributed by atoms with Crippen LogP contribution >= 0.6 is 0 Å². The van der Waals surface area contributed by atoms with E-state index in [-0.39, 0.29) is 24.8 Å². The normalized spacial score (nSPS) is 12.4. The zero-order valence-electron chi connectivity index (χ0n) is 12.2. The highest BCUT2D eigenvalue weighted by molar-refractivity contribution is 5.77. The Morgan fingerprint density at radius 3 is 2.65 bits per heavy atom. The summed E-state index contributed by atoms with van der Waals surface area (Å²) in [7, 11) is 1.82. The summed E-state index contributed by atoms with van der Waals surface area (Å²) in [5.74, 6) is 0.0151. The van der Waals surface area contributed by atoms with E-state index in [4.69, 9.17) is 5.11 Å². The summed E-state index contributed by atoms with van der Waals surface area (Å²) in [6, 6.07) is -0.320. The molecule has 7 nitrogen and oxygen atoms in total. The Labute approximate surface area is 118 Å². The highest BCUT2D eigenvalue weighted by atomic mass is 16.4. The highest BCUT2D eigenvalue weighted by Crippen LogP contribution is 2.09. The molecule has 20 heavy (non-hydrogen) atoms. The smallest absolute Gasteiger partial charge is 0.305 e. The average molecular weight is 282 g/mol. The molecule has 0 fully saturated rings. The van der Waals surface area contributed by atoms with Crippen LogP contribution in [0, 0.1) is 5.92 Å². The third-order valence-corrected chi connectivity index (χ3v) is 2.92. The molecular formula is C13H22N4O3. The zero-order chi connectivity index (χ0) is 15.1. The second kappa shape index (κ2) is 7.62. The molecular weight excluding hydrogens is 260 g/mol. The number of aliphatic carboxylic acids is 1. The van der Waals surface area contributed by atoms with Crippen LogP contribution in [0.2, 0.25) is 0 Å². The lowest BCUT2D eigenvalue weighted by Crippen LogP contribution is -2.37. The van der Waals surface area contributed by atoms with Crippen molar-refractivity contribution in [3.05, 3.63) is 12.2 Å². The molecule has 0 aromatic carbocycles. The molecule has 0 saturated carbocycles. The van der Waals surface area contributed by atoms with E-state index in [2.05, 4.69) is 15.5 Å². The third kappa shape index (κ3) is 5.81. The van der Waals surface area contributed by atoms with Gasteiger partial charge in [-0.25, -0.2) is 0 Å². The predicted octanol–water partition coefficient (Wildman–Crippen LogP) is 0.753. The van der Waals surface area contributed by atoms with E-state index in [9.17, 15) is 9.59 Å². The number of aryl methyl sites for hydroxylation is 2. The molecule has 0 saturated heterocycles. The van der Waals surface area contributed by atoms with Gasteiger partial charge in [-0.15, -0.1) is 10.2 Å². The van der Waals surface area contributed by atoms with E-state index in [0.29, 0.717) is 18.8 Å². The number of carbonyl (C=O) groups is 2. The van der Waals surface area contributed by atoms with Gasteiger partial charge >= 0.3 is 5.97 Å². The van der Waals surface area contributed by atoms with Crippen molar-refractivity contribution in [2.45, 2.75) is 45.6 Å². The molecule has 1 aromatic rings. The zero-order valence-corrected chi connectivity index (χ0v) is 12.2. The number of amides is 1. The van der Waals surface area contributed by atoms with E-state index in [1.807, 2.05) is 20.9 Å². The first kappa shape index (κ1) is 16.1. The van der Waals surface area contributed by atoms with Crippen LogP contribution in [0.1, 0.15) is 38.9 Å². The summed E-state index contributed by atoms with van der Waals surface area (Å²) in [4.78, 5) is 22.7. The fourth-order valence-electron chi connectivity index (χ4n) is 2.03. The number of carboxylic acids is 1. The van der Waals surface area contributed by atoms with Crippen LogP contribution in [-0.2, 0) is 23.1 Å². The van der Waals surface area contributed by atoms with Crippen LogP contribution in [0.5, 0.6) is 0 Å². The van der Waals surface area contributed by atoms with Gasteiger partial charge in [-0.05, 0) is 12.3 Å². The van der Waals surface area contributed by atoms with Gasteiger partial charge in [0.25, 0.3) is 0 Å². The van der Waals surface area contributed by atoms with Crippen LogP contribution in [-0.4, -0.2) is 37.8 Å². The third-order valence-electron chi connectivity index (χ3n) is 2.92. The van der Waals surface area contributed by atoms with E-state index in [1.54, 1.807) is 10.9 Å². The fraction of sp³-hybridized carbons (Fsp3) is 0.692. The Morgan fingerprint density at radius 1 is 1.45 bits per heavy atom. The molecule has 0 aliphatic heterocycles. The van der Waals surface area contributed by atoms with Gasteiger partial charge in [0, 0.05) is 25.9 Å². The lowest BCUT2D eigenvalue weighted by molar-refractivity contribution is -0.137. The monoisotopic (exact) mass is 282 g/mol. The first-order valence-electron chi connectivity index (χ1n) is 6.72. The molecule has 0 spiro atoms. The van der Waals surface area contributed by atoms with E-state index in [0.717, 1.165) is 5.82 Å². The Hall–Kier alpha value is -1.92. The van der Waals surface area contributed by atoms with E-state index >= 15 is 0 Å². The van der Waals surface area contributed by atoms with Crippen LogP contribution in [0.15, 0.2) is 6.33 Å². The minimum absolute atomic E-state index is 0.0477. The maximum absolute atomic E-state index is 11.9. The molecule has 1 aromatic heterocycles. The van der Waals surface area contributed by atoms with Gasteiger partial charge in [-0.1, -0.05) is 13.8 Å². The Morgan fingerprint density at radius 2 is 2.15 bits per heavy atom. The molecule has 1 heterocycles. The molecule has 2 N–H and O–H groups in total. The molecule has 112 valence electrons. The van der Waals surface area contributed by atoms with E-state index in [1.165, 1.54) is 0 Å². The molecule has 1 amide bonds. The standard InChI is InChI=1S/C13H22N4O3/c1-9(2)6-10(7-13(19)20)15-12(18)5-4-11-16-14-8-17(11)3/h8-10H,4-7H2,1-3H3,(H,15,18)(H,19,20). The lowest BCUT2D eigenvalue weighted by atomic mass is 10.0. The van der Waals surface area contributed by atoms with Crippen molar-refractivity contribution in [3.8, 4) is 0 Å². The summed E-state index contributed by atoms with van der Waals surface area (Å²) in [6.45, 7) is 4.00. The number of carbonyl (C=O) groups excluding carboxylic acids is 1. The molecule has 1 atom stereocenters. The number of nitrogens with one attached hydrogen (secondary N) is 1. The maximum Gasteiger partial charge on any atom is 0.305 e. The van der Waals surface area contributed by atoms with Crippen LogP contribution in [0.25, 0.3) is 0 Å².